The molecule has 0 aromatic heterocycles. The summed E-state index contributed by atoms with van der Waals surface area (Å²) >= 11 is 0. The second-order valence-electron chi connectivity index (χ2n) is 4.33. The van der Waals surface area contributed by atoms with Gasteiger partial charge in [0.15, 0.2) is 0 Å². The van der Waals surface area contributed by atoms with E-state index in [1.807, 2.05) is 7.05 Å². The van der Waals surface area contributed by atoms with Gasteiger partial charge in [-0.2, -0.15) is 0 Å². The van der Waals surface area contributed by atoms with Gasteiger partial charge in [-0.25, -0.2) is 0 Å². The number of amides is 1. The number of hydrogen-bond acceptors (Lipinski definition) is 5. The molecule has 0 bridgehead atoms. The number of nitrogens with zero attached hydrogens (tertiary/aromatic N) is 1. The van der Waals surface area contributed by atoms with Gasteiger partial charge in [-0.1, -0.05) is 0 Å². The highest BCUT2D eigenvalue weighted by molar-refractivity contribution is 5.95. The number of carbonyl (C=O) groups is 1. The molecule has 0 aliphatic rings. The third kappa shape index (κ3) is 5.15. The van der Waals surface area contributed by atoms with Crippen LogP contribution < -0.4 is 11.1 Å². The molecule has 4 N–H and O–H groups in total. The smallest absolute Gasteiger partial charge is 0.251 e. The van der Waals surface area contributed by atoms with E-state index in [9.17, 15) is 9.90 Å². The number of anilines is 1. The molecule has 0 saturated heterocycles. The lowest BCUT2D eigenvalue weighted by molar-refractivity contribution is 0.0947. The number of ether oxygens (including phenoxy) is 1. The number of nitrogen functional groups attached to an aromatic ring is 1. The number of nitrogens with two attached hydrogens (primary N) is 1. The zero-order valence-corrected chi connectivity index (χ0v) is 11.3. The Kier molecular flexibility index (Phi) is 6.11. The maximum atomic E-state index is 11.8. The second-order valence-corrected chi connectivity index (χ2v) is 4.33. The fourth-order valence-corrected chi connectivity index (χ4v) is 1.51. The van der Waals surface area contributed by atoms with Gasteiger partial charge in [-0.15, -0.1) is 0 Å². The molecule has 6 nitrogen and oxygen atoms in total. The molecule has 0 unspecified atom stereocenters. The molecule has 0 aliphatic carbocycles. The highest BCUT2D eigenvalue weighted by Crippen LogP contribution is 2.20. The van der Waals surface area contributed by atoms with Crippen molar-refractivity contribution in [1.82, 2.24) is 10.2 Å². The molecule has 19 heavy (non-hydrogen) atoms. The van der Waals surface area contributed by atoms with Crippen molar-refractivity contribution in [3.05, 3.63) is 23.8 Å². The molecule has 0 heterocycles. The summed E-state index contributed by atoms with van der Waals surface area (Å²) in [5.41, 5.74) is 6.13. The molecule has 0 saturated carbocycles. The minimum atomic E-state index is -0.226. The number of phenols is 1. The monoisotopic (exact) mass is 267 g/mol. The predicted molar refractivity (Wildman–Crippen MR) is 74.2 cm³/mol. The van der Waals surface area contributed by atoms with E-state index in [1.54, 1.807) is 13.2 Å². The van der Waals surface area contributed by atoms with Crippen LogP contribution in [0.2, 0.25) is 0 Å². The number of aromatic hydroxyl groups is 1. The summed E-state index contributed by atoms with van der Waals surface area (Å²) in [7, 11) is 3.61. The minimum absolute atomic E-state index is 0.0788. The van der Waals surface area contributed by atoms with E-state index in [-0.39, 0.29) is 17.3 Å². The first kappa shape index (κ1) is 15.3. The van der Waals surface area contributed by atoms with Crippen LogP contribution in [0.4, 0.5) is 5.69 Å². The van der Waals surface area contributed by atoms with Gasteiger partial charge in [0.25, 0.3) is 5.91 Å². The molecule has 0 radical (unpaired) electrons. The lowest BCUT2D eigenvalue weighted by Crippen LogP contribution is -2.34. The van der Waals surface area contributed by atoms with Crippen molar-refractivity contribution in [2.24, 2.45) is 0 Å². The van der Waals surface area contributed by atoms with Crippen LogP contribution >= 0.6 is 0 Å². The van der Waals surface area contributed by atoms with Crippen LogP contribution in [0.5, 0.6) is 5.75 Å². The predicted octanol–water partition coefficient (Wildman–Crippen LogP) is 0.282. The summed E-state index contributed by atoms with van der Waals surface area (Å²) in [5.74, 6) is -0.305. The Labute approximate surface area is 113 Å². The van der Waals surface area contributed by atoms with Crippen molar-refractivity contribution in [1.29, 1.82) is 0 Å². The van der Waals surface area contributed by atoms with Crippen LogP contribution in [-0.4, -0.2) is 56.3 Å². The summed E-state index contributed by atoms with van der Waals surface area (Å²) in [6, 6.07) is 4.45. The Balaban J connectivity index is 2.37. The number of phenolic OH excluding ortho intramolecular Hbond substituents is 1. The third-order valence-corrected chi connectivity index (χ3v) is 2.75. The van der Waals surface area contributed by atoms with Crippen LogP contribution in [0.1, 0.15) is 10.4 Å². The van der Waals surface area contributed by atoms with Crippen LogP contribution in [0.15, 0.2) is 18.2 Å². The van der Waals surface area contributed by atoms with Crippen molar-refractivity contribution in [2.45, 2.75) is 0 Å². The molecule has 1 rings (SSSR count). The van der Waals surface area contributed by atoms with Crippen molar-refractivity contribution in [3.63, 3.8) is 0 Å². The number of likely N-dealkylation sites (N-methyl/N-ethyl adjacent to an activating group) is 1. The van der Waals surface area contributed by atoms with E-state index >= 15 is 0 Å². The fourth-order valence-electron chi connectivity index (χ4n) is 1.51. The summed E-state index contributed by atoms with van der Waals surface area (Å²) in [6.45, 7) is 2.74. The summed E-state index contributed by atoms with van der Waals surface area (Å²) in [4.78, 5) is 13.9. The van der Waals surface area contributed by atoms with Gasteiger partial charge in [-0.05, 0) is 25.2 Å². The first-order valence-electron chi connectivity index (χ1n) is 6.08. The Hall–Kier alpha value is -1.79. The average Bonchev–Trinajstić information content (AvgIpc) is 2.39. The fraction of sp³-hybridized carbons (Fsp3) is 0.462. The van der Waals surface area contributed by atoms with Crippen molar-refractivity contribution in [2.75, 3.05) is 46.1 Å². The first-order valence-corrected chi connectivity index (χ1v) is 6.08. The molecule has 0 spiro atoms. The Bertz CT molecular complexity index is 424. The normalized spacial score (nSPS) is 10.7. The number of methoxy groups -OCH3 is 1. The Morgan fingerprint density at radius 3 is 2.84 bits per heavy atom. The van der Waals surface area contributed by atoms with Crippen LogP contribution in [-0.2, 0) is 4.74 Å². The number of nitrogens with one attached hydrogen (secondary N) is 1. The third-order valence-electron chi connectivity index (χ3n) is 2.75. The molecular weight excluding hydrogens is 246 g/mol. The van der Waals surface area contributed by atoms with Crippen LogP contribution in [0, 0.1) is 0 Å². The molecule has 1 amide bonds. The summed E-state index contributed by atoms with van der Waals surface area (Å²) in [5, 5.41) is 12.2. The van der Waals surface area contributed by atoms with Gasteiger partial charge in [-0.3, -0.25) is 4.79 Å². The molecule has 0 fully saturated rings. The average molecular weight is 267 g/mol. The van der Waals surface area contributed by atoms with E-state index in [0.29, 0.717) is 18.7 Å². The molecule has 1 aromatic rings. The van der Waals surface area contributed by atoms with Crippen molar-refractivity contribution in [3.8, 4) is 5.75 Å². The molecule has 0 atom stereocenters. The molecule has 6 heteroatoms. The van der Waals surface area contributed by atoms with E-state index in [4.69, 9.17) is 10.5 Å². The number of hydrogen-bond donors (Lipinski definition) is 3. The maximum Gasteiger partial charge on any atom is 0.251 e. The van der Waals surface area contributed by atoms with E-state index in [1.165, 1.54) is 12.1 Å². The Morgan fingerprint density at radius 1 is 1.47 bits per heavy atom. The number of rotatable bonds is 7. The highest BCUT2D eigenvalue weighted by atomic mass is 16.5. The zero-order valence-electron chi connectivity index (χ0n) is 11.3. The van der Waals surface area contributed by atoms with Gasteiger partial charge in [0, 0.05) is 32.3 Å². The van der Waals surface area contributed by atoms with Gasteiger partial charge >= 0.3 is 0 Å². The second kappa shape index (κ2) is 7.60. The molecule has 1 aromatic carbocycles. The summed E-state index contributed by atoms with van der Waals surface area (Å²) in [6.07, 6.45) is 0. The topological polar surface area (TPSA) is 87.8 Å². The number of benzene rings is 1. The lowest BCUT2D eigenvalue weighted by Gasteiger charge is -2.16. The largest absolute Gasteiger partial charge is 0.506 e. The lowest BCUT2D eigenvalue weighted by atomic mass is 10.2. The van der Waals surface area contributed by atoms with Gasteiger partial charge in [0.2, 0.25) is 0 Å². The number of carbonyl (C=O) groups excluding carboxylic acids is 1. The van der Waals surface area contributed by atoms with Crippen molar-refractivity contribution >= 4 is 11.6 Å². The minimum Gasteiger partial charge on any atom is -0.506 e. The SMILES string of the molecule is COCCN(C)CCNC(=O)c1ccc(N)c(O)c1. The standard InChI is InChI=1S/C13H21N3O3/c1-16(7-8-19-2)6-5-15-13(18)10-3-4-11(14)12(17)9-10/h3-4,9,17H,5-8,14H2,1-2H3,(H,15,18). The highest BCUT2D eigenvalue weighted by Gasteiger charge is 2.07. The van der Waals surface area contributed by atoms with Crippen molar-refractivity contribution < 1.29 is 14.6 Å². The van der Waals surface area contributed by atoms with Gasteiger partial charge < -0.3 is 25.8 Å². The summed E-state index contributed by atoms with van der Waals surface area (Å²) < 4.78 is 4.96. The maximum absolute atomic E-state index is 11.8. The quantitative estimate of drug-likeness (QED) is 0.488. The van der Waals surface area contributed by atoms with E-state index in [2.05, 4.69) is 10.2 Å². The molecular formula is C13H21N3O3. The van der Waals surface area contributed by atoms with Gasteiger partial charge in [0.05, 0.1) is 12.3 Å². The molecule has 106 valence electrons. The van der Waals surface area contributed by atoms with E-state index < -0.39 is 0 Å². The van der Waals surface area contributed by atoms with Gasteiger partial charge in [0.1, 0.15) is 5.75 Å². The van der Waals surface area contributed by atoms with Crippen LogP contribution in [0.25, 0.3) is 0 Å². The zero-order chi connectivity index (χ0) is 14.3. The first-order chi connectivity index (χ1) is 9.04. The molecule has 0 aliphatic heterocycles. The van der Waals surface area contributed by atoms with Crippen LogP contribution in [0.3, 0.4) is 0 Å². The Morgan fingerprint density at radius 2 is 2.21 bits per heavy atom. The van der Waals surface area contributed by atoms with E-state index in [0.717, 1.165) is 13.1 Å².